The van der Waals surface area contributed by atoms with Crippen molar-refractivity contribution in [1.29, 1.82) is 0 Å². The summed E-state index contributed by atoms with van der Waals surface area (Å²) in [5.41, 5.74) is 0.803. The van der Waals surface area contributed by atoms with Crippen molar-refractivity contribution in [1.82, 2.24) is 4.90 Å². The van der Waals surface area contributed by atoms with Crippen LogP contribution in [0.1, 0.15) is 18.4 Å². The smallest absolute Gasteiger partial charge is 0.303 e. The molecule has 108 valence electrons. The Morgan fingerprint density at radius 3 is 2.90 bits per heavy atom. The number of nitrogens with zero attached hydrogens (tertiary/aromatic N) is 2. The van der Waals surface area contributed by atoms with Gasteiger partial charge in [0.05, 0.1) is 9.95 Å². The summed E-state index contributed by atoms with van der Waals surface area (Å²) < 4.78 is 0. The highest BCUT2D eigenvalue weighted by Gasteiger charge is 2.25. The molecule has 0 aromatic heterocycles. The van der Waals surface area contributed by atoms with Crippen LogP contribution in [-0.4, -0.2) is 34.0 Å². The van der Waals surface area contributed by atoms with Crippen molar-refractivity contribution in [2.45, 2.75) is 19.4 Å². The van der Waals surface area contributed by atoms with E-state index < -0.39 is 10.9 Å². The first kappa shape index (κ1) is 14.7. The monoisotopic (exact) mass is 298 g/mol. The highest BCUT2D eigenvalue weighted by molar-refractivity contribution is 6.31. The van der Waals surface area contributed by atoms with Crippen molar-refractivity contribution >= 4 is 23.3 Å². The second kappa shape index (κ2) is 6.19. The van der Waals surface area contributed by atoms with E-state index in [9.17, 15) is 14.9 Å². The van der Waals surface area contributed by atoms with Crippen molar-refractivity contribution in [2.24, 2.45) is 5.92 Å². The predicted molar refractivity (Wildman–Crippen MR) is 73.7 cm³/mol. The van der Waals surface area contributed by atoms with Crippen LogP contribution in [0.15, 0.2) is 18.2 Å². The Morgan fingerprint density at radius 1 is 1.55 bits per heavy atom. The molecule has 1 unspecified atom stereocenters. The van der Waals surface area contributed by atoms with Gasteiger partial charge in [-0.25, -0.2) is 0 Å². The van der Waals surface area contributed by atoms with Crippen LogP contribution in [-0.2, 0) is 11.3 Å². The topological polar surface area (TPSA) is 83.7 Å². The molecule has 1 N–H and O–H groups in total. The minimum Gasteiger partial charge on any atom is -0.481 e. The van der Waals surface area contributed by atoms with Crippen molar-refractivity contribution in [3.63, 3.8) is 0 Å². The first-order valence-corrected chi connectivity index (χ1v) is 6.70. The highest BCUT2D eigenvalue weighted by Crippen LogP contribution is 2.26. The molecule has 1 fully saturated rings. The molecule has 0 radical (unpaired) electrons. The van der Waals surface area contributed by atoms with Gasteiger partial charge in [-0.15, -0.1) is 0 Å². The molecule has 1 saturated heterocycles. The van der Waals surface area contributed by atoms with E-state index >= 15 is 0 Å². The number of hydrogen-bond acceptors (Lipinski definition) is 4. The Labute approximate surface area is 121 Å². The van der Waals surface area contributed by atoms with E-state index in [4.69, 9.17) is 16.7 Å². The van der Waals surface area contributed by atoms with E-state index in [-0.39, 0.29) is 18.0 Å². The predicted octanol–water partition coefficient (Wildman–Crippen LogP) is 2.54. The SMILES string of the molecule is O=C(O)CC1CCN(Cc2ccc([N+](=O)[O-])cc2Cl)C1. The van der Waals surface area contributed by atoms with Gasteiger partial charge >= 0.3 is 5.97 Å². The molecule has 1 aliphatic rings. The molecule has 1 aromatic carbocycles. The van der Waals surface area contributed by atoms with Crippen molar-refractivity contribution in [2.75, 3.05) is 13.1 Å². The van der Waals surface area contributed by atoms with Crippen molar-refractivity contribution < 1.29 is 14.8 Å². The van der Waals surface area contributed by atoms with Crippen molar-refractivity contribution in [3.05, 3.63) is 38.9 Å². The summed E-state index contributed by atoms with van der Waals surface area (Å²) in [6, 6.07) is 4.44. The van der Waals surface area contributed by atoms with Crippen molar-refractivity contribution in [3.8, 4) is 0 Å². The summed E-state index contributed by atoms with van der Waals surface area (Å²) >= 11 is 6.05. The van der Waals surface area contributed by atoms with E-state index in [0.29, 0.717) is 11.6 Å². The molecule has 7 heteroatoms. The van der Waals surface area contributed by atoms with Gasteiger partial charge in [-0.05, 0) is 30.5 Å². The summed E-state index contributed by atoms with van der Waals surface area (Å²) in [5.74, 6) is -0.602. The number of halogens is 1. The van der Waals surface area contributed by atoms with Crippen LogP contribution in [0.4, 0.5) is 5.69 Å². The minimum absolute atomic E-state index is 0.0241. The number of hydrogen-bond donors (Lipinski definition) is 1. The molecule has 2 rings (SSSR count). The van der Waals surface area contributed by atoms with E-state index in [2.05, 4.69) is 4.90 Å². The van der Waals surface area contributed by atoms with E-state index in [1.54, 1.807) is 6.07 Å². The fraction of sp³-hybridized carbons (Fsp3) is 0.462. The molecule has 1 aromatic rings. The van der Waals surface area contributed by atoms with E-state index in [0.717, 1.165) is 25.1 Å². The molecule has 0 aliphatic carbocycles. The third-order valence-corrected chi connectivity index (χ3v) is 3.83. The number of likely N-dealkylation sites (tertiary alicyclic amines) is 1. The average Bonchev–Trinajstić information content (AvgIpc) is 2.78. The number of nitro benzene ring substituents is 1. The first-order valence-electron chi connectivity index (χ1n) is 6.32. The minimum atomic E-state index is -0.773. The number of carboxylic acids is 1. The number of benzene rings is 1. The van der Waals surface area contributed by atoms with Crippen LogP contribution in [0.25, 0.3) is 0 Å². The average molecular weight is 299 g/mol. The molecule has 1 atom stereocenters. The largest absolute Gasteiger partial charge is 0.481 e. The van der Waals surface area contributed by atoms with Crippen LogP contribution in [0.3, 0.4) is 0 Å². The van der Waals surface area contributed by atoms with Gasteiger partial charge in [0.15, 0.2) is 0 Å². The zero-order valence-corrected chi connectivity index (χ0v) is 11.5. The molecular weight excluding hydrogens is 284 g/mol. The van der Waals surface area contributed by atoms with Gasteiger partial charge in [-0.3, -0.25) is 19.8 Å². The highest BCUT2D eigenvalue weighted by atomic mass is 35.5. The second-order valence-corrected chi connectivity index (χ2v) is 5.43. The van der Waals surface area contributed by atoms with Gasteiger partial charge in [0.25, 0.3) is 5.69 Å². The zero-order valence-electron chi connectivity index (χ0n) is 10.8. The Balaban J connectivity index is 1.97. The molecule has 1 aliphatic heterocycles. The maximum atomic E-state index is 10.7. The standard InChI is InChI=1S/C13H15ClN2O4/c14-12-6-11(16(19)20)2-1-10(12)8-15-4-3-9(7-15)5-13(17)18/h1-2,6,9H,3-5,7-8H2,(H,17,18). The lowest BCUT2D eigenvalue weighted by molar-refractivity contribution is -0.384. The van der Waals surface area contributed by atoms with E-state index in [1.807, 2.05) is 0 Å². The van der Waals surface area contributed by atoms with Crippen LogP contribution in [0, 0.1) is 16.0 Å². The van der Waals surface area contributed by atoms with Gasteiger partial charge in [0, 0.05) is 31.6 Å². The maximum Gasteiger partial charge on any atom is 0.303 e. The van der Waals surface area contributed by atoms with Gasteiger partial charge in [-0.2, -0.15) is 0 Å². The van der Waals surface area contributed by atoms with Gasteiger partial charge < -0.3 is 5.11 Å². The Bertz CT molecular complexity index is 535. The lowest BCUT2D eigenvalue weighted by Gasteiger charge is -2.16. The zero-order chi connectivity index (χ0) is 14.7. The maximum absolute atomic E-state index is 10.7. The quantitative estimate of drug-likeness (QED) is 0.667. The number of rotatable bonds is 5. The molecule has 0 amide bonds. The van der Waals surface area contributed by atoms with Gasteiger partial charge in [0.1, 0.15) is 0 Å². The number of nitro groups is 1. The van der Waals surface area contributed by atoms with Crippen LogP contribution in [0.5, 0.6) is 0 Å². The molecule has 6 nitrogen and oxygen atoms in total. The third kappa shape index (κ3) is 3.68. The fourth-order valence-electron chi connectivity index (χ4n) is 2.49. The third-order valence-electron chi connectivity index (χ3n) is 3.47. The van der Waals surface area contributed by atoms with E-state index in [1.165, 1.54) is 12.1 Å². The summed E-state index contributed by atoms with van der Waals surface area (Å²) in [6.07, 6.45) is 1.04. The summed E-state index contributed by atoms with van der Waals surface area (Å²) in [4.78, 5) is 23.0. The Morgan fingerprint density at radius 2 is 2.30 bits per heavy atom. The Hall–Kier alpha value is -1.66. The molecule has 0 saturated carbocycles. The molecule has 20 heavy (non-hydrogen) atoms. The van der Waals surface area contributed by atoms with Gasteiger partial charge in [-0.1, -0.05) is 11.6 Å². The lowest BCUT2D eigenvalue weighted by Crippen LogP contribution is -2.21. The molecule has 0 spiro atoms. The summed E-state index contributed by atoms with van der Waals surface area (Å²) in [6.45, 7) is 2.14. The summed E-state index contributed by atoms with van der Waals surface area (Å²) in [7, 11) is 0. The number of aliphatic carboxylic acids is 1. The number of carbonyl (C=O) groups is 1. The second-order valence-electron chi connectivity index (χ2n) is 5.02. The summed E-state index contributed by atoms with van der Waals surface area (Å²) in [5, 5.41) is 19.8. The fourth-order valence-corrected chi connectivity index (χ4v) is 2.72. The van der Waals surface area contributed by atoms with Crippen LogP contribution < -0.4 is 0 Å². The van der Waals surface area contributed by atoms with Crippen LogP contribution >= 0.6 is 11.6 Å². The van der Waals surface area contributed by atoms with Gasteiger partial charge in [0.2, 0.25) is 0 Å². The molecule has 0 bridgehead atoms. The molecule has 1 heterocycles. The Kier molecular flexibility index (Phi) is 4.57. The molecular formula is C13H15ClN2O4. The van der Waals surface area contributed by atoms with Crippen LogP contribution in [0.2, 0.25) is 5.02 Å². The number of non-ortho nitro benzene ring substituents is 1. The normalized spacial score (nSPS) is 19.1. The first-order chi connectivity index (χ1) is 9.45. The number of carboxylic acid groups (broad SMARTS) is 1. The lowest BCUT2D eigenvalue weighted by atomic mass is 10.1.